The molecule has 0 aliphatic carbocycles. The van der Waals surface area contributed by atoms with Gasteiger partial charge in [0.05, 0.1) is 5.69 Å². The SMILES string of the molecule is CCC(C)c1cc(C)nnc1Cl. The lowest BCUT2D eigenvalue weighted by atomic mass is 10.0. The summed E-state index contributed by atoms with van der Waals surface area (Å²) in [4.78, 5) is 0. The quantitative estimate of drug-likeness (QED) is 0.707. The van der Waals surface area contributed by atoms with E-state index in [9.17, 15) is 0 Å². The average molecular weight is 185 g/mol. The van der Waals surface area contributed by atoms with E-state index in [-0.39, 0.29) is 0 Å². The van der Waals surface area contributed by atoms with Crippen molar-refractivity contribution in [2.45, 2.75) is 33.1 Å². The van der Waals surface area contributed by atoms with Crippen molar-refractivity contribution < 1.29 is 0 Å². The van der Waals surface area contributed by atoms with E-state index in [0.717, 1.165) is 17.7 Å². The van der Waals surface area contributed by atoms with Gasteiger partial charge in [0.15, 0.2) is 5.15 Å². The highest BCUT2D eigenvalue weighted by Gasteiger charge is 2.09. The molecule has 0 fully saturated rings. The molecule has 0 aliphatic rings. The van der Waals surface area contributed by atoms with Gasteiger partial charge in [-0.1, -0.05) is 25.4 Å². The maximum atomic E-state index is 5.90. The zero-order valence-electron chi connectivity index (χ0n) is 7.63. The summed E-state index contributed by atoms with van der Waals surface area (Å²) in [5.41, 5.74) is 2.03. The van der Waals surface area contributed by atoms with Crippen LogP contribution in [0.3, 0.4) is 0 Å². The first-order valence-corrected chi connectivity index (χ1v) is 4.52. The molecule has 0 radical (unpaired) electrons. The van der Waals surface area contributed by atoms with Gasteiger partial charge in [-0.25, -0.2) is 0 Å². The molecule has 0 amide bonds. The van der Waals surface area contributed by atoms with Crippen LogP contribution < -0.4 is 0 Å². The number of hydrogen-bond acceptors (Lipinski definition) is 2. The summed E-state index contributed by atoms with van der Waals surface area (Å²) < 4.78 is 0. The van der Waals surface area contributed by atoms with Crippen LogP contribution in [0.5, 0.6) is 0 Å². The van der Waals surface area contributed by atoms with Crippen LogP contribution in [0.1, 0.15) is 37.4 Å². The van der Waals surface area contributed by atoms with E-state index < -0.39 is 0 Å². The summed E-state index contributed by atoms with van der Waals surface area (Å²) in [5, 5.41) is 8.27. The lowest BCUT2D eigenvalue weighted by Gasteiger charge is -2.09. The predicted octanol–water partition coefficient (Wildman–Crippen LogP) is 2.95. The van der Waals surface area contributed by atoms with Gasteiger partial charge in [0.2, 0.25) is 0 Å². The highest BCUT2D eigenvalue weighted by molar-refractivity contribution is 6.30. The van der Waals surface area contributed by atoms with Crippen LogP contribution in [0.4, 0.5) is 0 Å². The lowest BCUT2D eigenvalue weighted by Crippen LogP contribution is -1.98. The Morgan fingerprint density at radius 2 is 2.17 bits per heavy atom. The third-order valence-electron chi connectivity index (χ3n) is 2.04. The Hall–Kier alpha value is -0.630. The van der Waals surface area contributed by atoms with Crippen LogP contribution in [-0.2, 0) is 0 Å². The third kappa shape index (κ3) is 1.95. The first-order chi connectivity index (χ1) is 5.65. The van der Waals surface area contributed by atoms with E-state index in [1.54, 1.807) is 0 Å². The maximum Gasteiger partial charge on any atom is 0.155 e. The van der Waals surface area contributed by atoms with Gasteiger partial charge in [0, 0.05) is 0 Å². The molecule has 0 saturated heterocycles. The Labute approximate surface area is 78.0 Å². The second-order valence-corrected chi connectivity index (χ2v) is 3.40. The molecule has 0 aliphatic heterocycles. The second kappa shape index (κ2) is 3.85. The zero-order valence-corrected chi connectivity index (χ0v) is 8.39. The van der Waals surface area contributed by atoms with Gasteiger partial charge in [0.1, 0.15) is 0 Å². The fourth-order valence-corrected chi connectivity index (χ4v) is 1.34. The van der Waals surface area contributed by atoms with E-state index >= 15 is 0 Å². The molecule has 0 N–H and O–H groups in total. The van der Waals surface area contributed by atoms with Gasteiger partial charge in [-0.15, -0.1) is 5.10 Å². The first kappa shape index (κ1) is 9.46. The predicted molar refractivity (Wildman–Crippen MR) is 50.5 cm³/mol. The molecule has 0 saturated carbocycles. The fraction of sp³-hybridized carbons (Fsp3) is 0.556. The molecular weight excluding hydrogens is 172 g/mol. The Morgan fingerprint density at radius 3 is 2.75 bits per heavy atom. The van der Waals surface area contributed by atoms with E-state index in [0.29, 0.717) is 11.1 Å². The smallest absolute Gasteiger partial charge is 0.154 e. The summed E-state index contributed by atoms with van der Waals surface area (Å²) >= 11 is 5.90. The molecule has 0 spiro atoms. The number of nitrogens with zero attached hydrogens (tertiary/aromatic N) is 2. The summed E-state index contributed by atoms with van der Waals surface area (Å²) in [6.45, 7) is 6.20. The fourth-order valence-electron chi connectivity index (χ4n) is 1.06. The Kier molecular flexibility index (Phi) is 3.04. The molecule has 2 nitrogen and oxygen atoms in total. The summed E-state index contributed by atoms with van der Waals surface area (Å²) in [7, 11) is 0. The minimum absolute atomic E-state index is 0.465. The van der Waals surface area contributed by atoms with Crippen LogP contribution in [0.2, 0.25) is 5.15 Å². The molecule has 1 atom stereocenters. The largest absolute Gasteiger partial charge is 0.155 e. The Morgan fingerprint density at radius 1 is 1.50 bits per heavy atom. The van der Waals surface area contributed by atoms with Gasteiger partial charge < -0.3 is 0 Å². The molecule has 0 aromatic carbocycles. The van der Waals surface area contributed by atoms with Crippen LogP contribution in [0.15, 0.2) is 6.07 Å². The van der Waals surface area contributed by atoms with Crippen molar-refractivity contribution in [3.63, 3.8) is 0 Å². The highest BCUT2D eigenvalue weighted by Crippen LogP contribution is 2.24. The zero-order chi connectivity index (χ0) is 9.14. The Balaban J connectivity index is 3.04. The number of aromatic nitrogens is 2. The van der Waals surface area contributed by atoms with Gasteiger partial charge in [-0.2, -0.15) is 5.10 Å². The number of rotatable bonds is 2. The molecule has 1 aromatic heterocycles. The van der Waals surface area contributed by atoms with E-state index in [2.05, 4.69) is 24.0 Å². The van der Waals surface area contributed by atoms with Crippen molar-refractivity contribution in [3.05, 3.63) is 22.5 Å². The van der Waals surface area contributed by atoms with E-state index in [1.807, 2.05) is 13.0 Å². The number of aryl methyl sites for hydroxylation is 1. The van der Waals surface area contributed by atoms with Gasteiger partial charge in [0.25, 0.3) is 0 Å². The van der Waals surface area contributed by atoms with Gasteiger partial charge in [-0.3, -0.25) is 0 Å². The molecule has 66 valence electrons. The third-order valence-corrected chi connectivity index (χ3v) is 2.34. The van der Waals surface area contributed by atoms with Crippen molar-refractivity contribution in [3.8, 4) is 0 Å². The van der Waals surface area contributed by atoms with Gasteiger partial charge >= 0.3 is 0 Å². The van der Waals surface area contributed by atoms with Crippen molar-refractivity contribution in [2.75, 3.05) is 0 Å². The van der Waals surface area contributed by atoms with Crippen molar-refractivity contribution >= 4 is 11.6 Å². The van der Waals surface area contributed by atoms with Crippen molar-refractivity contribution in [1.82, 2.24) is 10.2 Å². The molecule has 12 heavy (non-hydrogen) atoms. The molecule has 3 heteroatoms. The molecular formula is C9H13ClN2. The average Bonchev–Trinajstić information content (AvgIpc) is 2.08. The summed E-state index contributed by atoms with van der Waals surface area (Å²) in [5.74, 6) is 0.465. The standard InChI is InChI=1S/C9H13ClN2/c1-4-6(2)8-5-7(3)11-12-9(8)10/h5-6H,4H2,1-3H3. The highest BCUT2D eigenvalue weighted by atomic mass is 35.5. The molecule has 1 rings (SSSR count). The molecule has 0 bridgehead atoms. The monoisotopic (exact) mass is 184 g/mol. The van der Waals surface area contributed by atoms with Crippen LogP contribution in [-0.4, -0.2) is 10.2 Å². The normalized spacial score (nSPS) is 13.0. The maximum absolute atomic E-state index is 5.90. The van der Waals surface area contributed by atoms with Crippen molar-refractivity contribution in [2.24, 2.45) is 0 Å². The second-order valence-electron chi connectivity index (χ2n) is 3.04. The topological polar surface area (TPSA) is 25.8 Å². The van der Waals surface area contributed by atoms with Crippen molar-refractivity contribution in [1.29, 1.82) is 0 Å². The minimum Gasteiger partial charge on any atom is -0.154 e. The first-order valence-electron chi connectivity index (χ1n) is 4.14. The van der Waals surface area contributed by atoms with Gasteiger partial charge in [-0.05, 0) is 30.9 Å². The molecule has 1 unspecified atom stereocenters. The number of hydrogen-bond donors (Lipinski definition) is 0. The van der Waals surface area contributed by atoms with E-state index in [1.165, 1.54) is 0 Å². The summed E-state index contributed by atoms with van der Waals surface area (Å²) in [6, 6.07) is 2.00. The van der Waals surface area contributed by atoms with Crippen LogP contribution in [0, 0.1) is 6.92 Å². The number of halogens is 1. The Bertz CT molecular complexity index is 273. The van der Waals surface area contributed by atoms with E-state index in [4.69, 9.17) is 11.6 Å². The molecule has 1 heterocycles. The minimum atomic E-state index is 0.465. The van der Waals surface area contributed by atoms with Crippen LogP contribution >= 0.6 is 11.6 Å². The van der Waals surface area contributed by atoms with Crippen LogP contribution in [0.25, 0.3) is 0 Å². The molecule has 1 aromatic rings. The summed E-state index contributed by atoms with van der Waals surface area (Å²) in [6.07, 6.45) is 1.07. The lowest BCUT2D eigenvalue weighted by molar-refractivity contribution is 0.721.